The molecule has 3 heteroatoms. The Hall–Kier alpha value is -1.25. The highest BCUT2D eigenvalue weighted by Gasteiger charge is 2.05. The molecule has 0 spiro atoms. The minimum Gasteiger partial charge on any atom is -0.385 e. The fourth-order valence-electron chi connectivity index (χ4n) is 1.33. The van der Waals surface area contributed by atoms with Crippen LogP contribution in [-0.2, 0) is 0 Å². The van der Waals surface area contributed by atoms with Gasteiger partial charge in [-0.25, -0.2) is 0 Å². The maximum atomic E-state index is 5.96. The van der Waals surface area contributed by atoms with Gasteiger partial charge in [0.2, 0.25) is 0 Å². The first-order valence-corrected chi connectivity index (χ1v) is 5.13. The van der Waals surface area contributed by atoms with Crippen molar-refractivity contribution in [1.29, 1.82) is 0 Å². The van der Waals surface area contributed by atoms with Crippen molar-refractivity contribution in [3.05, 3.63) is 17.8 Å². The highest BCUT2D eigenvalue weighted by Crippen LogP contribution is 2.16. The lowest BCUT2D eigenvalue weighted by Gasteiger charge is -2.09. The summed E-state index contributed by atoms with van der Waals surface area (Å²) in [6.07, 6.45) is 4.94. The lowest BCUT2D eigenvalue weighted by molar-refractivity contribution is 0.612. The summed E-state index contributed by atoms with van der Waals surface area (Å²) in [5.74, 6) is 0.805. The summed E-state index contributed by atoms with van der Waals surface area (Å²) in [5, 5.41) is 0. The number of anilines is 1. The zero-order valence-electron chi connectivity index (χ0n) is 9.20. The summed E-state index contributed by atoms with van der Waals surface area (Å²) in [7, 11) is 0. The normalized spacial score (nSPS) is 11.7. The van der Waals surface area contributed by atoms with Gasteiger partial charge in [0.05, 0.1) is 0 Å². The van der Waals surface area contributed by atoms with Crippen molar-refractivity contribution in [2.75, 3.05) is 12.3 Å². The number of hydrogen-bond acceptors (Lipinski definition) is 2. The maximum absolute atomic E-state index is 5.96. The molecule has 0 fully saturated rings. The van der Waals surface area contributed by atoms with E-state index in [1.807, 2.05) is 23.0 Å². The monoisotopic (exact) mass is 193 g/mol. The molecule has 0 aliphatic heterocycles. The first kappa shape index (κ1) is 10.8. The Bertz CT molecular complexity index is 310. The molecule has 1 rings (SSSR count). The van der Waals surface area contributed by atoms with E-state index < -0.39 is 0 Å². The van der Waals surface area contributed by atoms with Crippen LogP contribution in [0.1, 0.15) is 38.8 Å². The highest BCUT2D eigenvalue weighted by atomic mass is 15.1. The lowest BCUT2D eigenvalue weighted by Crippen LogP contribution is -2.04. The summed E-state index contributed by atoms with van der Waals surface area (Å²) in [5.41, 5.74) is 6.98. The smallest absolute Gasteiger partial charge is 0.112 e. The van der Waals surface area contributed by atoms with Crippen molar-refractivity contribution in [1.82, 2.24) is 4.57 Å². The number of nitrogens with zero attached hydrogens (tertiary/aromatic N) is 2. The maximum Gasteiger partial charge on any atom is 0.112 e. The van der Waals surface area contributed by atoms with Crippen molar-refractivity contribution in [3.63, 3.8) is 0 Å². The average molecular weight is 193 g/mol. The van der Waals surface area contributed by atoms with Crippen LogP contribution < -0.4 is 5.73 Å². The Kier molecular flexibility index (Phi) is 3.74. The van der Waals surface area contributed by atoms with E-state index in [1.165, 1.54) is 0 Å². The van der Waals surface area contributed by atoms with E-state index >= 15 is 0 Å². The highest BCUT2D eigenvalue weighted by molar-refractivity contribution is 5.86. The van der Waals surface area contributed by atoms with Gasteiger partial charge in [-0.2, -0.15) is 0 Å². The fourth-order valence-corrected chi connectivity index (χ4v) is 1.33. The van der Waals surface area contributed by atoms with Crippen molar-refractivity contribution >= 4 is 12.0 Å². The molecule has 0 amide bonds. The molecule has 0 radical (unpaired) electrons. The largest absolute Gasteiger partial charge is 0.385 e. The summed E-state index contributed by atoms with van der Waals surface area (Å²) >= 11 is 0. The molecular weight excluding hydrogens is 174 g/mol. The molecule has 0 bridgehead atoms. The van der Waals surface area contributed by atoms with Crippen LogP contribution in [0.25, 0.3) is 0 Å². The van der Waals surface area contributed by atoms with Gasteiger partial charge in [-0.15, -0.1) is 0 Å². The van der Waals surface area contributed by atoms with E-state index in [4.69, 9.17) is 5.73 Å². The third kappa shape index (κ3) is 2.37. The van der Waals surface area contributed by atoms with Crippen molar-refractivity contribution in [2.24, 2.45) is 4.99 Å². The molecule has 1 heterocycles. The van der Waals surface area contributed by atoms with E-state index in [0.717, 1.165) is 24.3 Å². The number of rotatable bonds is 4. The molecule has 0 atom stereocenters. The number of nitrogens with two attached hydrogens (primary N) is 1. The first-order chi connectivity index (χ1) is 6.66. The van der Waals surface area contributed by atoms with Gasteiger partial charge in [0.1, 0.15) is 5.82 Å². The van der Waals surface area contributed by atoms with E-state index in [-0.39, 0.29) is 0 Å². The minimum atomic E-state index is 0.406. The van der Waals surface area contributed by atoms with Crippen LogP contribution in [0.2, 0.25) is 0 Å². The van der Waals surface area contributed by atoms with Gasteiger partial charge >= 0.3 is 0 Å². The van der Waals surface area contributed by atoms with Gasteiger partial charge in [-0.05, 0) is 26.3 Å². The Balaban J connectivity index is 2.79. The summed E-state index contributed by atoms with van der Waals surface area (Å²) in [6, 6.07) is 2.41. The molecule has 0 aromatic carbocycles. The van der Waals surface area contributed by atoms with Crippen LogP contribution in [0.4, 0.5) is 5.82 Å². The zero-order valence-corrected chi connectivity index (χ0v) is 9.20. The molecule has 0 unspecified atom stereocenters. The second-order valence-corrected chi connectivity index (χ2v) is 3.69. The molecule has 0 saturated heterocycles. The van der Waals surface area contributed by atoms with Gasteiger partial charge in [0, 0.05) is 30.6 Å². The van der Waals surface area contributed by atoms with Crippen LogP contribution in [0, 0.1) is 0 Å². The SMILES string of the molecule is CCCN=Cc1ccn(C(C)C)c1N. The molecule has 1 aromatic rings. The summed E-state index contributed by atoms with van der Waals surface area (Å²) in [4.78, 5) is 4.28. The van der Waals surface area contributed by atoms with Gasteiger partial charge in [-0.3, -0.25) is 4.99 Å². The third-order valence-corrected chi connectivity index (χ3v) is 2.13. The second kappa shape index (κ2) is 4.84. The van der Waals surface area contributed by atoms with Gasteiger partial charge < -0.3 is 10.3 Å². The zero-order chi connectivity index (χ0) is 10.6. The minimum absolute atomic E-state index is 0.406. The molecule has 3 nitrogen and oxygen atoms in total. The molecule has 0 saturated carbocycles. The fraction of sp³-hybridized carbons (Fsp3) is 0.545. The van der Waals surface area contributed by atoms with Crippen LogP contribution in [0.15, 0.2) is 17.3 Å². The Morgan fingerprint density at radius 3 is 2.79 bits per heavy atom. The number of hydrogen-bond donors (Lipinski definition) is 1. The van der Waals surface area contributed by atoms with E-state index in [1.54, 1.807) is 0 Å². The van der Waals surface area contributed by atoms with Gasteiger partial charge in [0.25, 0.3) is 0 Å². The molecule has 78 valence electrons. The summed E-state index contributed by atoms with van der Waals surface area (Å²) < 4.78 is 2.05. The van der Waals surface area contributed by atoms with Gasteiger partial charge in [-0.1, -0.05) is 6.92 Å². The molecule has 1 aromatic heterocycles. The third-order valence-electron chi connectivity index (χ3n) is 2.13. The lowest BCUT2D eigenvalue weighted by atomic mass is 10.3. The van der Waals surface area contributed by atoms with E-state index in [2.05, 4.69) is 25.8 Å². The van der Waals surface area contributed by atoms with Gasteiger partial charge in [0.15, 0.2) is 0 Å². The molecule has 0 aliphatic rings. The Labute approximate surface area is 85.6 Å². The van der Waals surface area contributed by atoms with Crippen molar-refractivity contribution < 1.29 is 0 Å². The quantitative estimate of drug-likeness (QED) is 0.733. The number of aliphatic imine (C=N–C) groups is 1. The van der Waals surface area contributed by atoms with Crippen LogP contribution in [0.5, 0.6) is 0 Å². The van der Waals surface area contributed by atoms with E-state index in [0.29, 0.717) is 6.04 Å². The standard InChI is InChI=1S/C11H19N3/c1-4-6-13-8-10-5-7-14(9(2)3)11(10)12/h5,7-9H,4,6,12H2,1-3H3. The van der Waals surface area contributed by atoms with Crippen LogP contribution >= 0.6 is 0 Å². The Morgan fingerprint density at radius 1 is 1.57 bits per heavy atom. The topological polar surface area (TPSA) is 43.3 Å². The van der Waals surface area contributed by atoms with Crippen molar-refractivity contribution in [3.8, 4) is 0 Å². The van der Waals surface area contributed by atoms with E-state index in [9.17, 15) is 0 Å². The predicted octanol–water partition coefficient (Wildman–Crippen LogP) is 2.48. The first-order valence-electron chi connectivity index (χ1n) is 5.13. The average Bonchev–Trinajstić information content (AvgIpc) is 2.48. The predicted molar refractivity (Wildman–Crippen MR) is 62.0 cm³/mol. The number of nitrogen functional groups attached to an aromatic ring is 1. The molecular formula is C11H19N3. The van der Waals surface area contributed by atoms with Crippen LogP contribution in [-0.4, -0.2) is 17.3 Å². The molecule has 14 heavy (non-hydrogen) atoms. The van der Waals surface area contributed by atoms with Crippen LogP contribution in [0.3, 0.4) is 0 Å². The Morgan fingerprint density at radius 2 is 2.29 bits per heavy atom. The van der Waals surface area contributed by atoms with Crippen molar-refractivity contribution in [2.45, 2.75) is 33.2 Å². The second-order valence-electron chi connectivity index (χ2n) is 3.69. The molecule has 2 N–H and O–H groups in total. The molecule has 0 aliphatic carbocycles. The summed E-state index contributed by atoms with van der Waals surface area (Å²) in [6.45, 7) is 7.21. The number of aromatic nitrogens is 1.